The van der Waals surface area contributed by atoms with Crippen LogP contribution in [0.5, 0.6) is 11.5 Å². The van der Waals surface area contributed by atoms with Crippen LogP contribution in [0.4, 0.5) is 5.69 Å². The maximum Gasteiger partial charge on any atom is 0.264 e. The zero-order valence-electron chi connectivity index (χ0n) is 18.6. The number of methoxy groups -OCH3 is 2. The predicted molar refractivity (Wildman–Crippen MR) is 127 cm³/mol. The van der Waals surface area contributed by atoms with E-state index >= 15 is 0 Å². The van der Waals surface area contributed by atoms with Gasteiger partial charge in [-0.25, -0.2) is 13.8 Å². The molecule has 0 saturated carbocycles. The molecule has 0 bridgehead atoms. The van der Waals surface area contributed by atoms with Crippen molar-refractivity contribution in [3.63, 3.8) is 0 Å². The second-order valence-electron chi connectivity index (χ2n) is 7.09. The van der Waals surface area contributed by atoms with Crippen LogP contribution in [0, 0.1) is 6.92 Å². The van der Waals surface area contributed by atoms with Gasteiger partial charge in [0.15, 0.2) is 0 Å². The Labute approximate surface area is 193 Å². The standard InChI is InChI=1S/C24H25N3O5S/c1-18-7-13-23(14-8-18)33(29,30)27(20-9-11-21(31-2)12-10-20)17-24(28)26-25-16-19-5-4-6-22(15-19)32-3/h4-16H,17H2,1-3H3,(H,26,28). The highest BCUT2D eigenvalue weighted by Crippen LogP contribution is 2.26. The first-order chi connectivity index (χ1) is 15.8. The van der Waals surface area contributed by atoms with Gasteiger partial charge in [0.1, 0.15) is 18.0 Å². The second kappa shape index (κ2) is 10.6. The van der Waals surface area contributed by atoms with Crippen LogP contribution in [0.25, 0.3) is 0 Å². The van der Waals surface area contributed by atoms with Crippen molar-refractivity contribution in [2.45, 2.75) is 11.8 Å². The van der Waals surface area contributed by atoms with Gasteiger partial charge in [0.25, 0.3) is 15.9 Å². The Bertz CT molecular complexity index is 1220. The van der Waals surface area contributed by atoms with Gasteiger partial charge in [-0.3, -0.25) is 9.10 Å². The number of hydrogen-bond acceptors (Lipinski definition) is 6. The van der Waals surface area contributed by atoms with Crippen molar-refractivity contribution >= 4 is 27.8 Å². The van der Waals surface area contributed by atoms with Crippen molar-refractivity contribution in [1.29, 1.82) is 0 Å². The Morgan fingerprint density at radius 3 is 2.27 bits per heavy atom. The van der Waals surface area contributed by atoms with E-state index in [4.69, 9.17) is 9.47 Å². The predicted octanol–water partition coefficient (Wildman–Crippen LogP) is 3.36. The fraction of sp³-hybridized carbons (Fsp3) is 0.167. The van der Waals surface area contributed by atoms with Gasteiger partial charge < -0.3 is 9.47 Å². The molecular weight excluding hydrogens is 442 g/mol. The van der Waals surface area contributed by atoms with Crippen molar-refractivity contribution in [2.75, 3.05) is 25.1 Å². The van der Waals surface area contributed by atoms with Gasteiger partial charge in [0.05, 0.1) is 31.0 Å². The minimum Gasteiger partial charge on any atom is -0.497 e. The third kappa shape index (κ3) is 6.11. The lowest BCUT2D eigenvalue weighted by atomic mass is 10.2. The lowest BCUT2D eigenvalue weighted by Crippen LogP contribution is -2.39. The first-order valence-corrected chi connectivity index (χ1v) is 11.5. The number of carbonyl (C=O) groups is 1. The largest absolute Gasteiger partial charge is 0.497 e. The summed E-state index contributed by atoms with van der Waals surface area (Å²) in [5, 5.41) is 3.94. The van der Waals surface area contributed by atoms with Crippen molar-refractivity contribution in [3.8, 4) is 11.5 Å². The molecule has 172 valence electrons. The van der Waals surface area contributed by atoms with Crippen LogP contribution in [-0.4, -0.2) is 41.3 Å². The summed E-state index contributed by atoms with van der Waals surface area (Å²) in [6, 6.07) is 20.0. The molecule has 0 aliphatic heterocycles. The number of nitrogens with zero attached hydrogens (tertiary/aromatic N) is 2. The van der Waals surface area contributed by atoms with Crippen molar-refractivity contribution in [3.05, 3.63) is 83.9 Å². The van der Waals surface area contributed by atoms with Crippen molar-refractivity contribution in [2.24, 2.45) is 5.10 Å². The van der Waals surface area contributed by atoms with Crippen molar-refractivity contribution in [1.82, 2.24) is 5.43 Å². The van der Waals surface area contributed by atoms with Crippen LogP contribution in [0.15, 0.2) is 82.8 Å². The molecule has 0 aromatic heterocycles. The van der Waals surface area contributed by atoms with Gasteiger partial charge in [0, 0.05) is 0 Å². The molecule has 9 heteroatoms. The molecule has 0 radical (unpaired) electrons. The van der Waals surface area contributed by atoms with Crippen LogP contribution in [-0.2, 0) is 14.8 Å². The van der Waals surface area contributed by atoms with Gasteiger partial charge in [-0.05, 0) is 61.0 Å². The molecule has 0 unspecified atom stereocenters. The van der Waals surface area contributed by atoms with E-state index in [0.29, 0.717) is 22.7 Å². The van der Waals surface area contributed by atoms with Gasteiger partial charge in [-0.2, -0.15) is 5.10 Å². The monoisotopic (exact) mass is 467 g/mol. The summed E-state index contributed by atoms with van der Waals surface area (Å²) in [5.41, 5.74) is 4.35. The van der Waals surface area contributed by atoms with Crippen LogP contribution < -0.4 is 19.2 Å². The summed E-state index contributed by atoms with van der Waals surface area (Å²) >= 11 is 0. The molecule has 33 heavy (non-hydrogen) atoms. The van der Waals surface area contributed by atoms with E-state index < -0.39 is 22.5 Å². The zero-order chi connectivity index (χ0) is 23.8. The van der Waals surface area contributed by atoms with Crippen LogP contribution >= 0.6 is 0 Å². The SMILES string of the molecule is COc1ccc(N(CC(=O)NN=Cc2cccc(OC)c2)S(=O)(=O)c2ccc(C)cc2)cc1. The van der Waals surface area contributed by atoms with Gasteiger partial charge in [-0.15, -0.1) is 0 Å². The smallest absolute Gasteiger partial charge is 0.264 e. The first-order valence-electron chi connectivity index (χ1n) is 10.0. The maximum atomic E-state index is 13.4. The number of sulfonamides is 1. The molecule has 3 rings (SSSR count). The number of ether oxygens (including phenoxy) is 2. The zero-order valence-corrected chi connectivity index (χ0v) is 19.4. The number of hydrogen-bond donors (Lipinski definition) is 1. The van der Waals surface area contributed by atoms with Crippen molar-refractivity contribution < 1.29 is 22.7 Å². The Balaban J connectivity index is 1.83. The fourth-order valence-electron chi connectivity index (χ4n) is 2.97. The number of amides is 1. The minimum atomic E-state index is -4.01. The van der Waals surface area contributed by atoms with Crippen LogP contribution in [0.3, 0.4) is 0 Å². The average molecular weight is 468 g/mol. The Morgan fingerprint density at radius 2 is 1.64 bits per heavy atom. The molecule has 0 aliphatic carbocycles. The lowest BCUT2D eigenvalue weighted by molar-refractivity contribution is -0.119. The maximum absolute atomic E-state index is 13.4. The molecule has 1 N–H and O–H groups in total. The quantitative estimate of drug-likeness (QED) is 0.384. The summed E-state index contributed by atoms with van der Waals surface area (Å²) in [5.74, 6) is 0.625. The van der Waals surface area contributed by atoms with E-state index in [-0.39, 0.29) is 4.90 Å². The number of benzene rings is 3. The number of carbonyl (C=O) groups excluding carboxylic acids is 1. The van der Waals surface area contributed by atoms with E-state index in [0.717, 1.165) is 9.87 Å². The second-order valence-corrected chi connectivity index (χ2v) is 8.95. The Kier molecular flexibility index (Phi) is 7.68. The summed E-state index contributed by atoms with van der Waals surface area (Å²) in [6.07, 6.45) is 1.45. The number of nitrogens with one attached hydrogen (secondary N) is 1. The highest BCUT2D eigenvalue weighted by molar-refractivity contribution is 7.92. The molecule has 0 saturated heterocycles. The normalized spacial score (nSPS) is 11.2. The molecule has 0 fully saturated rings. The Morgan fingerprint density at radius 1 is 0.970 bits per heavy atom. The van der Waals surface area contributed by atoms with Crippen LogP contribution in [0.2, 0.25) is 0 Å². The Hall–Kier alpha value is -3.85. The molecule has 3 aromatic rings. The number of rotatable bonds is 9. The fourth-order valence-corrected chi connectivity index (χ4v) is 4.39. The summed E-state index contributed by atoms with van der Waals surface area (Å²) < 4.78 is 38.1. The topological polar surface area (TPSA) is 97.3 Å². The van der Waals surface area contributed by atoms with E-state index in [1.807, 2.05) is 6.92 Å². The highest BCUT2D eigenvalue weighted by Gasteiger charge is 2.27. The summed E-state index contributed by atoms with van der Waals surface area (Å²) in [6.45, 7) is 1.41. The van der Waals surface area contributed by atoms with Gasteiger partial charge in [0.2, 0.25) is 0 Å². The van der Waals surface area contributed by atoms with E-state index in [2.05, 4.69) is 10.5 Å². The molecule has 8 nitrogen and oxygen atoms in total. The van der Waals surface area contributed by atoms with E-state index in [1.54, 1.807) is 67.8 Å². The summed E-state index contributed by atoms with van der Waals surface area (Å²) in [4.78, 5) is 12.7. The van der Waals surface area contributed by atoms with E-state index in [9.17, 15) is 13.2 Å². The molecule has 0 heterocycles. The van der Waals surface area contributed by atoms with E-state index in [1.165, 1.54) is 25.5 Å². The number of aryl methyl sites for hydroxylation is 1. The third-order valence-corrected chi connectivity index (χ3v) is 6.54. The number of anilines is 1. The minimum absolute atomic E-state index is 0.0802. The third-order valence-electron chi connectivity index (χ3n) is 4.75. The average Bonchev–Trinajstić information content (AvgIpc) is 2.83. The number of hydrazone groups is 1. The van der Waals surface area contributed by atoms with Crippen LogP contribution in [0.1, 0.15) is 11.1 Å². The van der Waals surface area contributed by atoms with Gasteiger partial charge in [-0.1, -0.05) is 29.8 Å². The molecule has 0 atom stereocenters. The highest BCUT2D eigenvalue weighted by atomic mass is 32.2. The lowest BCUT2D eigenvalue weighted by Gasteiger charge is -2.24. The van der Waals surface area contributed by atoms with Gasteiger partial charge >= 0.3 is 0 Å². The summed E-state index contributed by atoms with van der Waals surface area (Å²) in [7, 11) is -0.935. The molecule has 0 spiro atoms. The molecule has 0 aliphatic rings. The molecular formula is C24H25N3O5S. The molecule has 1 amide bonds. The first kappa shape index (κ1) is 23.8. The molecule has 3 aromatic carbocycles.